The summed E-state index contributed by atoms with van der Waals surface area (Å²) in [6.07, 6.45) is -0.279. The summed E-state index contributed by atoms with van der Waals surface area (Å²) in [5, 5.41) is 7.84. The number of hydrogen-bond donors (Lipinski definition) is 2. The Morgan fingerprint density at radius 3 is 2.82 bits per heavy atom. The van der Waals surface area contributed by atoms with E-state index in [1.807, 2.05) is 0 Å². The van der Waals surface area contributed by atoms with E-state index < -0.39 is 10.0 Å². The third-order valence-corrected chi connectivity index (χ3v) is 2.26. The fourth-order valence-corrected chi connectivity index (χ4v) is 1.72. The molecule has 0 aliphatic carbocycles. The standard InChI is InChI=1S/C5H12N2O3S/c6-11(8,9)4-5-3-7-1-2-10-5/h5,7H,1-4H2,(H2,6,8,9). The lowest BCUT2D eigenvalue weighted by Gasteiger charge is -2.22. The molecule has 3 N–H and O–H groups in total. The SMILES string of the molecule is NS(=O)(=O)CC1CNCCO1. The Balaban J connectivity index is 2.36. The number of nitrogens with one attached hydrogen (secondary N) is 1. The third kappa shape index (κ3) is 3.66. The Morgan fingerprint density at radius 2 is 2.36 bits per heavy atom. The molecule has 0 amide bonds. The number of nitrogens with two attached hydrogens (primary N) is 1. The molecule has 1 unspecified atom stereocenters. The first-order chi connectivity index (χ1) is 5.08. The molecule has 0 aromatic rings. The molecule has 0 aromatic heterocycles. The Labute approximate surface area is 66.0 Å². The topological polar surface area (TPSA) is 81.4 Å². The second-order valence-electron chi connectivity index (χ2n) is 2.53. The van der Waals surface area contributed by atoms with Gasteiger partial charge >= 0.3 is 0 Å². The van der Waals surface area contributed by atoms with Crippen LogP contribution < -0.4 is 10.5 Å². The van der Waals surface area contributed by atoms with Gasteiger partial charge in [-0.2, -0.15) is 0 Å². The molecule has 6 heteroatoms. The largest absolute Gasteiger partial charge is 0.374 e. The first kappa shape index (κ1) is 8.92. The molecule has 0 bridgehead atoms. The number of rotatable bonds is 2. The van der Waals surface area contributed by atoms with E-state index in [2.05, 4.69) is 5.32 Å². The predicted octanol–water partition coefficient (Wildman–Crippen LogP) is -1.74. The van der Waals surface area contributed by atoms with Crippen molar-refractivity contribution in [3.63, 3.8) is 0 Å². The van der Waals surface area contributed by atoms with E-state index in [0.717, 1.165) is 6.54 Å². The van der Waals surface area contributed by atoms with E-state index in [9.17, 15) is 8.42 Å². The van der Waals surface area contributed by atoms with Crippen LogP contribution in [-0.2, 0) is 14.8 Å². The molecule has 0 saturated carbocycles. The summed E-state index contributed by atoms with van der Waals surface area (Å²) in [5.74, 6) is -0.0972. The van der Waals surface area contributed by atoms with E-state index >= 15 is 0 Å². The zero-order chi connectivity index (χ0) is 8.32. The van der Waals surface area contributed by atoms with Gasteiger partial charge in [0.1, 0.15) is 0 Å². The minimum atomic E-state index is -3.39. The highest BCUT2D eigenvalue weighted by atomic mass is 32.2. The fourth-order valence-electron chi connectivity index (χ4n) is 0.986. The maximum absolute atomic E-state index is 10.6. The minimum absolute atomic E-state index is 0.0972. The van der Waals surface area contributed by atoms with E-state index in [0.29, 0.717) is 13.2 Å². The molecule has 1 aliphatic heterocycles. The highest BCUT2D eigenvalue weighted by Gasteiger charge is 2.18. The van der Waals surface area contributed by atoms with Crippen LogP contribution >= 0.6 is 0 Å². The van der Waals surface area contributed by atoms with Crippen molar-refractivity contribution in [1.82, 2.24) is 5.32 Å². The fraction of sp³-hybridized carbons (Fsp3) is 1.00. The van der Waals surface area contributed by atoms with Crippen molar-refractivity contribution in [2.24, 2.45) is 5.14 Å². The van der Waals surface area contributed by atoms with Crippen LogP contribution in [0, 0.1) is 0 Å². The van der Waals surface area contributed by atoms with Gasteiger partial charge in [-0.05, 0) is 0 Å². The molecule has 1 saturated heterocycles. The van der Waals surface area contributed by atoms with Gasteiger partial charge in [-0.25, -0.2) is 13.6 Å². The number of primary sulfonamides is 1. The van der Waals surface area contributed by atoms with Crippen molar-refractivity contribution < 1.29 is 13.2 Å². The van der Waals surface area contributed by atoms with Crippen LogP contribution in [0.1, 0.15) is 0 Å². The quantitative estimate of drug-likeness (QED) is 0.528. The van der Waals surface area contributed by atoms with Gasteiger partial charge in [0.2, 0.25) is 10.0 Å². The third-order valence-electron chi connectivity index (χ3n) is 1.42. The van der Waals surface area contributed by atoms with Crippen LogP contribution in [0.4, 0.5) is 0 Å². The average molecular weight is 180 g/mol. The Hall–Kier alpha value is -0.170. The van der Waals surface area contributed by atoms with Crippen molar-refractivity contribution in [3.8, 4) is 0 Å². The lowest BCUT2D eigenvalue weighted by molar-refractivity contribution is 0.0430. The van der Waals surface area contributed by atoms with Crippen LogP contribution in [0.25, 0.3) is 0 Å². The molecule has 66 valence electrons. The van der Waals surface area contributed by atoms with Crippen molar-refractivity contribution in [1.29, 1.82) is 0 Å². The van der Waals surface area contributed by atoms with Crippen LogP contribution in [0.2, 0.25) is 0 Å². The van der Waals surface area contributed by atoms with Gasteiger partial charge in [0.05, 0.1) is 18.5 Å². The normalized spacial score (nSPS) is 26.8. The Kier molecular flexibility index (Phi) is 2.83. The summed E-state index contributed by atoms with van der Waals surface area (Å²) >= 11 is 0. The predicted molar refractivity (Wildman–Crippen MR) is 40.6 cm³/mol. The maximum atomic E-state index is 10.6. The van der Waals surface area contributed by atoms with E-state index in [-0.39, 0.29) is 11.9 Å². The van der Waals surface area contributed by atoms with Crippen LogP contribution in [0.5, 0.6) is 0 Å². The molecule has 1 aliphatic rings. The summed E-state index contributed by atoms with van der Waals surface area (Å²) < 4.78 is 26.3. The molecular weight excluding hydrogens is 168 g/mol. The van der Waals surface area contributed by atoms with Crippen LogP contribution in [0.3, 0.4) is 0 Å². The van der Waals surface area contributed by atoms with Crippen molar-refractivity contribution in [2.75, 3.05) is 25.4 Å². The molecule has 5 nitrogen and oxygen atoms in total. The Morgan fingerprint density at radius 1 is 1.64 bits per heavy atom. The zero-order valence-electron chi connectivity index (χ0n) is 6.12. The highest BCUT2D eigenvalue weighted by molar-refractivity contribution is 7.89. The van der Waals surface area contributed by atoms with Gasteiger partial charge in [-0.3, -0.25) is 0 Å². The van der Waals surface area contributed by atoms with Crippen molar-refractivity contribution in [2.45, 2.75) is 6.10 Å². The highest BCUT2D eigenvalue weighted by Crippen LogP contribution is 1.97. The van der Waals surface area contributed by atoms with E-state index in [1.54, 1.807) is 0 Å². The summed E-state index contributed by atoms with van der Waals surface area (Å²) in [7, 11) is -3.39. The molecule has 11 heavy (non-hydrogen) atoms. The molecule has 1 atom stereocenters. The monoisotopic (exact) mass is 180 g/mol. The number of morpholine rings is 1. The maximum Gasteiger partial charge on any atom is 0.211 e. The van der Waals surface area contributed by atoms with Gasteiger partial charge in [-0.1, -0.05) is 0 Å². The zero-order valence-corrected chi connectivity index (χ0v) is 6.93. The molecule has 1 rings (SSSR count). The summed E-state index contributed by atoms with van der Waals surface area (Å²) in [6.45, 7) is 1.90. The second kappa shape index (κ2) is 3.48. The van der Waals surface area contributed by atoms with Crippen molar-refractivity contribution >= 4 is 10.0 Å². The number of sulfonamides is 1. The van der Waals surface area contributed by atoms with Crippen molar-refractivity contribution in [3.05, 3.63) is 0 Å². The van der Waals surface area contributed by atoms with E-state index in [4.69, 9.17) is 9.88 Å². The summed E-state index contributed by atoms with van der Waals surface area (Å²) in [5.41, 5.74) is 0. The molecule has 1 fully saturated rings. The molecule has 1 heterocycles. The van der Waals surface area contributed by atoms with Crippen LogP contribution in [-0.4, -0.2) is 40.0 Å². The number of hydrogen-bond acceptors (Lipinski definition) is 4. The lowest BCUT2D eigenvalue weighted by atomic mass is 10.3. The van der Waals surface area contributed by atoms with Gasteiger partial charge < -0.3 is 10.1 Å². The Bertz CT molecular complexity index is 208. The average Bonchev–Trinajstić information content (AvgIpc) is 1.85. The minimum Gasteiger partial charge on any atom is -0.374 e. The lowest BCUT2D eigenvalue weighted by Crippen LogP contribution is -2.43. The van der Waals surface area contributed by atoms with E-state index in [1.165, 1.54) is 0 Å². The van der Waals surface area contributed by atoms with Gasteiger partial charge in [-0.15, -0.1) is 0 Å². The van der Waals surface area contributed by atoms with Gasteiger partial charge in [0.25, 0.3) is 0 Å². The summed E-state index contributed by atoms with van der Waals surface area (Å²) in [4.78, 5) is 0. The second-order valence-corrected chi connectivity index (χ2v) is 4.19. The van der Waals surface area contributed by atoms with Gasteiger partial charge in [0, 0.05) is 13.1 Å². The molecule has 0 aromatic carbocycles. The number of ether oxygens (including phenoxy) is 1. The first-order valence-electron chi connectivity index (χ1n) is 3.41. The molecular formula is C5H12N2O3S. The molecule has 0 spiro atoms. The van der Waals surface area contributed by atoms with Crippen LogP contribution in [0.15, 0.2) is 0 Å². The smallest absolute Gasteiger partial charge is 0.211 e. The summed E-state index contributed by atoms with van der Waals surface area (Å²) in [6, 6.07) is 0. The molecule has 0 radical (unpaired) electrons. The first-order valence-corrected chi connectivity index (χ1v) is 5.12. The van der Waals surface area contributed by atoms with Gasteiger partial charge in [0.15, 0.2) is 0 Å².